The summed E-state index contributed by atoms with van der Waals surface area (Å²) >= 11 is 0. The first-order valence-electron chi connectivity index (χ1n) is 10.1. The van der Waals surface area contributed by atoms with E-state index in [2.05, 4.69) is 0 Å². The lowest BCUT2D eigenvalue weighted by Crippen LogP contribution is -2.31. The first kappa shape index (κ1) is 23.6. The van der Waals surface area contributed by atoms with E-state index in [1.165, 1.54) is 7.11 Å². The third kappa shape index (κ3) is 5.07. The van der Waals surface area contributed by atoms with Crippen LogP contribution >= 0.6 is 0 Å². The van der Waals surface area contributed by atoms with Crippen LogP contribution in [0.4, 0.5) is 13.2 Å². The number of hydrogen-bond acceptors (Lipinski definition) is 7. The predicted octanol–water partition coefficient (Wildman–Crippen LogP) is 3.63. The molecule has 0 bridgehead atoms. The lowest BCUT2D eigenvalue weighted by Gasteiger charge is -2.32. The van der Waals surface area contributed by atoms with Gasteiger partial charge < -0.3 is 24.7 Å². The van der Waals surface area contributed by atoms with Gasteiger partial charge in [-0.15, -0.1) is 0 Å². The van der Waals surface area contributed by atoms with E-state index >= 15 is 0 Å². The minimum atomic E-state index is -4.48. The van der Waals surface area contributed by atoms with Crippen LogP contribution in [0, 0.1) is 0 Å². The molecule has 1 aliphatic heterocycles. The van der Waals surface area contributed by atoms with Gasteiger partial charge >= 0.3 is 12.1 Å². The average Bonchev–Trinajstić information content (AvgIpc) is 2.72. The Kier molecular flexibility index (Phi) is 7.12. The summed E-state index contributed by atoms with van der Waals surface area (Å²) in [5.74, 6) is -1.25. The Balaban J connectivity index is 2.06. The molecule has 0 saturated carbocycles. The number of methoxy groups -OCH3 is 1. The molecule has 0 radical (unpaired) electrons. The minimum Gasteiger partial charge on any atom is -0.496 e. The fraction of sp³-hybridized carbons (Fsp3) is 0.455. The van der Waals surface area contributed by atoms with Gasteiger partial charge in [0.1, 0.15) is 23.7 Å². The molecule has 1 atom stereocenters. The van der Waals surface area contributed by atoms with Crippen LogP contribution in [0.15, 0.2) is 41.0 Å². The van der Waals surface area contributed by atoms with Gasteiger partial charge in [-0.2, -0.15) is 13.2 Å². The van der Waals surface area contributed by atoms with Crippen molar-refractivity contribution in [2.45, 2.75) is 44.9 Å². The van der Waals surface area contributed by atoms with Crippen LogP contribution in [0.3, 0.4) is 0 Å². The number of hydrogen-bond donors (Lipinski definition) is 1. The number of Topliss-reactive ketones (excluding diaryl/α,β-unsaturated/α-hetero) is 1. The smallest absolute Gasteiger partial charge is 0.411 e. The highest BCUT2D eigenvalue weighted by molar-refractivity contribution is 6.03. The van der Waals surface area contributed by atoms with Crippen molar-refractivity contribution < 1.29 is 41.7 Å². The van der Waals surface area contributed by atoms with E-state index in [9.17, 15) is 22.8 Å². The van der Waals surface area contributed by atoms with E-state index in [0.29, 0.717) is 41.1 Å². The second-order valence-electron chi connectivity index (χ2n) is 7.33. The number of alkyl halides is 3. The molecule has 1 aromatic carbocycles. The number of nitrogens with two attached hydrogens (primary N) is 1. The predicted molar refractivity (Wildman–Crippen MR) is 106 cm³/mol. The summed E-state index contributed by atoms with van der Waals surface area (Å²) < 4.78 is 58.3. The molecule has 32 heavy (non-hydrogen) atoms. The van der Waals surface area contributed by atoms with E-state index < -0.39 is 24.7 Å². The number of allylic oxidation sites excluding steroid dienone is 2. The molecule has 0 spiro atoms. The van der Waals surface area contributed by atoms with Crippen LogP contribution in [0.1, 0.15) is 43.2 Å². The molecule has 0 aromatic heterocycles. The molecule has 7 nitrogen and oxygen atoms in total. The molecular weight excluding hydrogens is 431 g/mol. The summed E-state index contributed by atoms with van der Waals surface area (Å²) in [5, 5.41) is 0. The molecule has 10 heteroatoms. The molecule has 1 aliphatic carbocycles. The van der Waals surface area contributed by atoms with Crippen molar-refractivity contribution in [3.63, 3.8) is 0 Å². The van der Waals surface area contributed by atoms with Gasteiger partial charge in [-0.05, 0) is 31.0 Å². The van der Waals surface area contributed by atoms with Gasteiger partial charge in [-0.1, -0.05) is 6.07 Å². The maximum atomic E-state index is 12.8. The Labute approximate surface area is 182 Å². The highest BCUT2D eigenvalue weighted by Crippen LogP contribution is 2.44. The topological polar surface area (TPSA) is 97.1 Å². The van der Waals surface area contributed by atoms with Gasteiger partial charge in [0.15, 0.2) is 5.78 Å². The third-order valence-electron chi connectivity index (χ3n) is 5.14. The monoisotopic (exact) mass is 455 g/mol. The zero-order chi connectivity index (χ0) is 23.5. The first-order chi connectivity index (χ1) is 15.2. The van der Waals surface area contributed by atoms with Gasteiger partial charge in [-0.3, -0.25) is 4.79 Å². The SMILES string of the molecule is CCOC(=O)C1=C(N)OC2=C(C(=O)CCC2)[C@H]1c1ccc(OC)c(COCC(F)(F)F)c1. The second-order valence-corrected chi connectivity index (χ2v) is 7.33. The molecule has 2 aliphatic rings. The highest BCUT2D eigenvalue weighted by Gasteiger charge is 2.41. The number of rotatable bonds is 7. The van der Waals surface area contributed by atoms with Crippen molar-refractivity contribution in [1.29, 1.82) is 0 Å². The largest absolute Gasteiger partial charge is 0.496 e. The van der Waals surface area contributed by atoms with Crippen molar-refractivity contribution in [3.8, 4) is 5.75 Å². The van der Waals surface area contributed by atoms with Crippen molar-refractivity contribution in [2.24, 2.45) is 5.73 Å². The van der Waals surface area contributed by atoms with Crippen LogP contribution in [0.5, 0.6) is 5.75 Å². The molecule has 1 aromatic rings. The summed E-state index contributed by atoms with van der Waals surface area (Å²) in [5.41, 5.74) is 7.13. The highest BCUT2D eigenvalue weighted by atomic mass is 19.4. The third-order valence-corrected chi connectivity index (χ3v) is 5.14. The molecule has 0 amide bonds. The molecule has 0 unspecified atom stereocenters. The Bertz CT molecular complexity index is 967. The second kappa shape index (κ2) is 9.64. The number of benzene rings is 1. The fourth-order valence-corrected chi connectivity index (χ4v) is 3.86. The summed E-state index contributed by atoms with van der Waals surface area (Å²) in [4.78, 5) is 25.5. The van der Waals surface area contributed by atoms with Crippen LogP contribution < -0.4 is 10.5 Å². The molecule has 2 N–H and O–H groups in total. The molecule has 0 saturated heterocycles. The standard InChI is InChI=1S/C22H24F3NO6/c1-3-31-21(28)19-17(18-14(27)5-4-6-16(18)32-20(19)26)12-7-8-15(29-2)13(9-12)10-30-11-22(23,24)25/h7-9,17H,3-6,10-11,26H2,1-2H3/t17-/m1/s1. The minimum absolute atomic E-state index is 0.0202. The van der Waals surface area contributed by atoms with E-state index in [1.54, 1.807) is 25.1 Å². The van der Waals surface area contributed by atoms with Gasteiger partial charge in [-0.25, -0.2) is 4.79 Å². The molecular formula is C22H24F3NO6. The Morgan fingerprint density at radius 2 is 2.03 bits per heavy atom. The van der Waals surface area contributed by atoms with E-state index in [-0.39, 0.29) is 36.9 Å². The Hall–Kier alpha value is -3.01. The zero-order valence-corrected chi connectivity index (χ0v) is 17.7. The Morgan fingerprint density at radius 3 is 2.69 bits per heavy atom. The summed E-state index contributed by atoms with van der Waals surface area (Å²) in [7, 11) is 1.38. The molecule has 3 rings (SSSR count). The number of esters is 1. The number of halogens is 3. The molecule has 0 fully saturated rings. The number of ether oxygens (including phenoxy) is 4. The number of carbonyl (C=O) groups is 2. The maximum Gasteiger partial charge on any atom is 0.411 e. The Morgan fingerprint density at radius 1 is 1.28 bits per heavy atom. The molecule has 1 heterocycles. The molecule has 174 valence electrons. The summed E-state index contributed by atoms with van der Waals surface area (Å²) in [6, 6.07) is 4.72. The van der Waals surface area contributed by atoms with Crippen LogP contribution in [0.25, 0.3) is 0 Å². The van der Waals surface area contributed by atoms with Gasteiger partial charge in [0, 0.05) is 24.0 Å². The van der Waals surface area contributed by atoms with E-state index in [4.69, 9.17) is 24.7 Å². The maximum absolute atomic E-state index is 12.8. The zero-order valence-electron chi connectivity index (χ0n) is 17.7. The number of ketones is 1. The van der Waals surface area contributed by atoms with Crippen LogP contribution in [-0.2, 0) is 30.4 Å². The van der Waals surface area contributed by atoms with Gasteiger partial charge in [0.2, 0.25) is 5.88 Å². The van der Waals surface area contributed by atoms with Gasteiger partial charge in [0.25, 0.3) is 0 Å². The van der Waals surface area contributed by atoms with Crippen molar-refractivity contribution in [2.75, 3.05) is 20.3 Å². The fourth-order valence-electron chi connectivity index (χ4n) is 3.86. The van der Waals surface area contributed by atoms with E-state index in [1.807, 2.05) is 0 Å². The van der Waals surface area contributed by atoms with Crippen molar-refractivity contribution in [1.82, 2.24) is 0 Å². The van der Waals surface area contributed by atoms with Crippen LogP contribution in [-0.4, -0.2) is 38.3 Å². The number of carbonyl (C=O) groups excluding carboxylic acids is 2. The average molecular weight is 455 g/mol. The lowest BCUT2D eigenvalue weighted by atomic mass is 9.77. The summed E-state index contributed by atoms with van der Waals surface area (Å²) in [6.07, 6.45) is -3.13. The quantitative estimate of drug-likeness (QED) is 0.627. The lowest BCUT2D eigenvalue weighted by molar-refractivity contribution is -0.176. The van der Waals surface area contributed by atoms with Crippen LogP contribution in [0.2, 0.25) is 0 Å². The van der Waals surface area contributed by atoms with Crippen molar-refractivity contribution >= 4 is 11.8 Å². The first-order valence-corrected chi connectivity index (χ1v) is 10.1. The van der Waals surface area contributed by atoms with Gasteiger partial charge in [0.05, 0.1) is 26.2 Å². The summed E-state index contributed by atoms with van der Waals surface area (Å²) in [6.45, 7) is -0.0888. The van der Waals surface area contributed by atoms with Crippen molar-refractivity contribution in [3.05, 3.63) is 52.1 Å². The normalized spacial score (nSPS) is 18.9. The van der Waals surface area contributed by atoms with E-state index in [0.717, 1.165) is 0 Å².